The average Bonchev–Trinajstić information content (AvgIpc) is 2.79. The highest BCUT2D eigenvalue weighted by Gasteiger charge is 2.20. The molecule has 0 aromatic heterocycles. The van der Waals surface area contributed by atoms with Gasteiger partial charge in [-0.3, -0.25) is 4.79 Å². The van der Waals surface area contributed by atoms with Crippen molar-refractivity contribution in [2.75, 3.05) is 13.4 Å². The second-order valence-electron chi connectivity index (χ2n) is 3.06. The molecule has 1 saturated carbocycles. The van der Waals surface area contributed by atoms with Crippen molar-refractivity contribution in [3.63, 3.8) is 0 Å². The van der Waals surface area contributed by atoms with Gasteiger partial charge in [-0.1, -0.05) is 12.8 Å². The molecule has 70 valence electrons. The smallest absolute Gasteiger partial charge is 0.240 e. The molecule has 1 fully saturated rings. The minimum absolute atomic E-state index is 0.145. The van der Waals surface area contributed by atoms with E-state index in [1.807, 2.05) is 0 Å². The summed E-state index contributed by atoms with van der Waals surface area (Å²) >= 11 is 0. The molecule has 1 aliphatic rings. The highest BCUT2D eigenvalue weighted by molar-refractivity contribution is 5.71. The van der Waals surface area contributed by atoms with E-state index in [1.165, 1.54) is 19.8 Å². The van der Waals surface area contributed by atoms with Crippen LogP contribution in [-0.2, 0) is 14.4 Å². The van der Waals surface area contributed by atoms with Gasteiger partial charge in [0.25, 0.3) is 0 Å². The Morgan fingerprint density at radius 2 is 2.33 bits per heavy atom. The molecule has 1 aliphatic carbocycles. The number of carbonyl (C=O) groups excluding carboxylic acids is 1. The van der Waals surface area contributed by atoms with E-state index in [1.54, 1.807) is 0 Å². The molecule has 1 rings (SSSR count). The lowest BCUT2D eigenvalue weighted by Crippen LogP contribution is -2.21. The van der Waals surface area contributed by atoms with Gasteiger partial charge in [-0.05, 0) is 12.3 Å². The van der Waals surface area contributed by atoms with E-state index < -0.39 is 0 Å². The maximum absolute atomic E-state index is 10.3. The number of hydroxylamine groups is 1. The molecule has 0 atom stereocenters. The van der Waals surface area contributed by atoms with Crippen LogP contribution in [0.3, 0.4) is 0 Å². The number of rotatable bonds is 6. The zero-order chi connectivity index (χ0) is 8.81. The van der Waals surface area contributed by atoms with Crippen LogP contribution >= 0.6 is 0 Å². The third kappa shape index (κ3) is 5.09. The van der Waals surface area contributed by atoms with Crippen LogP contribution in [0.25, 0.3) is 0 Å². The van der Waals surface area contributed by atoms with Crippen LogP contribution in [0.15, 0.2) is 0 Å². The fourth-order valence-corrected chi connectivity index (χ4v) is 0.888. The SMILES string of the molecule is CC(=O)NOCOCCC1CC1. The Labute approximate surface area is 72.2 Å². The Kier molecular flexibility index (Phi) is 4.04. The Morgan fingerprint density at radius 3 is 2.92 bits per heavy atom. The van der Waals surface area contributed by atoms with E-state index in [9.17, 15) is 4.79 Å². The van der Waals surface area contributed by atoms with Crippen molar-refractivity contribution < 1.29 is 14.4 Å². The van der Waals surface area contributed by atoms with E-state index in [0.717, 1.165) is 18.9 Å². The molecular weight excluding hydrogens is 158 g/mol. The van der Waals surface area contributed by atoms with Gasteiger partial charge in [-0.2, -0.15) is 0 Å². The van der Waals surface area contributed by atoms with Crippen LogP contribution in [0.4, 0.5) is 0 Å². The normalized spacial score (nSPS) is 16.1. The number of nitrogens with one attached hydrogen (secondary N) is 1. The minimum Gasteiger partial charge on any atom is -0.353 e. The van der Waals surface area contributed by atoms with E-state index in [4.69, 9.17) is 4.74 Å². The van der Waals surface area contributed by atoms with Crippen molar-refractivity contribution in [2.45, 2.75) is 26.2 Å². The van der Waals surface area contributed by atoms with Crippen molar-refractivity contribution in [3.8, 4) is 0 Å². The minimum atomic E-state index is -0.208. The van der Waals surface area contributed by atoms with Gasteiger partial charge >= 0.3 is 0 Å². The number of hydrogen-bond donors (Lipinski definition) is 1. The van der Waals surface area contributed by atoms with Gasteiger partial charge in [-0.15, -0.1) is 0 Å². The maximum Gasteiger partial charge on any atom is 0.240 e. The number of amides is 1. The maximum atomic E-state index is 10.3. The Balaban J connectivity index is 1.73. The Hall–Kier alpha value is -0.610. The van der Waals surface area contributed by atoms with Gasteiger partial charge in [0, 0.05) is 13.5 Å². The fraction of sp³-hybridized carbons (Fsp3) is 0.875. The molecule has 12 heavy (non-hydrogen) atoms. The van der Waals surface area contributed by atoms with E-state index >= 15 is 0 Å². The van der Waals surface area contributed by atoms with E-state index in [2.05, 4.69) is 10.3 Å². The van der Waals surface area contributed by atoms with Crippen molar-refractivity contribution in [3.05, 3.63) is 0 Å². The highest BCUT2D eigenvalue weighted by Crippen LogP contribution is 2.31. The van der Waals surface area contributed by atoms with Crippen LogP contribution in [-0.4, -0.2) is 19.3 Å². The monoisotopic (exact) mass is 173 g/mol. The van der Waals surface area contributed by atoms with E-state index in [0.29, 0.717) is 0 Å². The van der Waals surface area contributed by atoms with Gasteiger partial charge in [0.05, 0.1) is 0 Å². The van der Waals surface area contributed by atoms with Gasteiger partial charge < -0.3 is 4.74 Å². The molecule has 4 heteroatoms. The summed E-state index contributed by atoms with van der Waals surface area (Å²) in [5, 5.41) is 0. The lowest BCUT2D eigenvalue weighted by atomic mass is 10.3. The molecule has 1 amide bonds. The van der Waals surface area contributed by atoms with Crippen molar-refractivity contribution in [1.29, 1.82) is 0 Å². The fourth-order valence-electron chi connectivity index (χ4n) is 0.888. The number of carbonyl (C=O) groups is 1. The first-order valence-corrected chi connectivity index (χ1v) is 4.25. The summed E-state index contributed by atoms with van der Waals surface area (Å²) in [6.07, 6.45) is 3.80. The second-order valence-corrected chi connectivity index (χ2v) is 3.06. The Morgan fingerprint density at radius 1 is 1.58 bits per heavy atom. The van der Waals surface area contributed by atoms with Crippen LogP contribution in [0.2, 0.25) is 0 Å². The first-order valence-electron chi connectivity index (χ1n) is 4.25. The molecule has 1 N–H and O–H groups in total. The topological polar surface area (TPSA) is 47.6 Å². The predicted molar refractivity (Wildman–Crippen MR) is 43.1 cm³/mol. The first kappa shape index (κ1) is 9.48. The molecule has 0 aromatic rings. The summed E-state index contributed by atoms with van der Waals surface area (Å²) < 4.78 is 5.10. The summed E-state index contributed by atoms with van der Waals surface area (Å²) in [7, 11) is 0. The molecule has 4 nitrogen and oxygen atoms in total. The van der Waals surface area contributed by atoms with Crippen LogP contribution in [0.5, 0.6) is 0 Å². The molecule has 0 heterocycles. The van der Waals surface area contributed by atoms with Gasteiger partial charge in [-0.25, -0.2) is 10.3 Å². The summed E-state index contributed by atoms with van der Waals surface area (Å²) in [5.41, 5.74) is 2.19. The molecule has 0 radical (unpaired) electrons. The van der Waals surface area contributed by atoms with Crippen molar-refractivity contribution in [1.82, 2.24) is 5.48 Å². The lowest BCUT2D eigenvalue weighted by molar-refractivity contribution is -0.145. The van der Waals surface area contributed by atoms with Crippen molar-refractivity contribution >= 4 is 5.91 Å². The predicted octanol–water partition coefficient (Wildman–Crippen LogP) is 0.828. The molecule has 0 spiro atoms. The van der Waals surface area contributed by atoms with Crippen molar-refractivity contribution in [2.24, 2.45) is 5.92 Å². The third-order valence-corrected chi connectivity index (χ3v) is 1.73. The average molecular weight is 173 g/mol. The largest absolute Gasteiger partial charge is 0.353 e. The van der Waals surface area contributed by atoms with Gasteiger partial charge in [0.15, 0.2) is 6.79 Å². The molecule has 0 unspecified atom stereocenters. The van der Waals surface area contributed by atoms with Gasteiger partial charge in [0.2, 0.25) is 5.91 Å². The first-order chi connectivity index (χ1) is 5.79. The second kappa shape index (κ2) is 5.11. The molecule has 0 saturated heterocycles. The van der Waals surface area contributed by atoms with Crippen LogP contribution < -0.4 is 5.48 Å². The van der Waals surface area contributed by atoms with Crippen LogP contribution in [0, 0.1) is 5.92 Å². The highest BCUT2D eigenvalue weighted by atomic mass is 16.8. The zero-order valence-electron chi connectivity index (χ0n) is 7.34. The van der Waals surface area contributed by atoms with Gasteiger partial charge in [0.1, 0.15) is 0 Å². The number of hydrogen-bond acceptors (Lipinski definition) is 3. The summed E-state index contributed by atoms with van der Waals surface area (Å²) in [4.78, 5) is 15.0. The Bertz CT molecular complexity index is 145. The van der Waals surface area contributed by atoms with E-state index in [-0.39, 0.29) is 12.7 Å². The molecule has 0 aromatic carbocycles. The summed E-state index contributed by atoms with van der Waals surface area (Å²) in [5.74, 6) is 0.673. The lowest BCUT2D eigenvalue weighted by Gasteiger charge is -2.03. The van der Waals surface area contributed by atoms with Crippen LogP contribution in [0.1, 0.15) is 26.2 Å². The standard InChI is InChI=1S/C8H15NO3/c1-7(10)9-12-6-11-5-4-8-2-3-8/h8H,2-6H2,1H3,(H,9,10). The quantitative estimate of drug-likeness (QED) is 0.367. The molecule has 0 bridgehead atoms. The summed E-state index contributed by atoms with van der Waals surface area (Å²) in [6, 6.07) is 0. The summed E-state index contributed by atoms with van der Waals surface area (Å²) in [6.45, 7) is 2.26. The third-order valence-electron chi connectivity index (χ3n) is 1.73. The molecular formula is C8H15NO3. The molecule has 0 aliphatic heterocycles. The number of ether oxygens (including phenoxy) is 1. The zero-order valence-corrected chi connectivity index (χ0v) is 7.34.